The Bertz CT molecular complexity index is 677. The van der Waals surface area contributed by atoms with Crippen LogP contribution in [-0.4, -0.2) is 42.3 Å². The highest BCUT2D eigenvalue weighted by molar-refractivity contribution is 6.01. The van der Waals surface area contributed by atoms with E-state index in [0.29, 0.717) is 6.54 Å². The second-order valence-electron chi connectivity index (χ2n) is 5.91. The molecule has 4 nitrogen and oxygen atoms in total. The number of hydroxylamine groups is 1. The molecule has 1 unspecified atom stereocenters. The number of anilines is 1. The fourth-order valence-corrected chi connectivity index (χ4v) is 2.88. The zero-order valence-electron chi connectivity index (χ0n) is 13.2. The van der Waals surface area contributed by atoms with Gasteiger partial charge in [-0.1, -0.05) is 35.9 Å². The van der Waals surface area contributed by atoms with E-state index in [1.165, 1.54) is 5.56 Å². The Morgan fingerprint density at radius 1 is 1.05 bits per heavy atom. The Morgan fingerprint density at radius 2 is 1.68 bits per heavy atom. The molecule has 0 aromatic heterocycles. The van der Waals surface area contributed by atoms with E-state index in [-0.39, 0.29) is 6.29 Å². The Balaban J connectivity index is 2.00. The zero-order chi connectivity index (χ0) is 15.7. The van der Waals surface area contributed by atoms with Crippen LogP contribution in [0.5, 0.6) is 0 Å². The van der Waals surface area contributed by atoms with Crippen molar-refractivity contribution in [3.8, 4) is 0 Å². The Morgan fingerprint density at radius 3 is 2.27 bits per heavy atom. The van der Waals surface area contributed by atoms with Gasteiger partial charge in [0.05, 0.1) is 0 Å². The molecule has 0 saturated carbocycles. The molecule has 1 atom stereocenters. The maximum Gasteiger partial charge on any atom is 0.301 e. The average molecular weight is 295 g/mol. The summed E-state index contributed by atoms with van der Waals surface area (Å²) in [5.74, 6) is 0. The molecule has 0 amide bonds. The van der Waals surface area contributed by atoms with Gasteiger partial charge in [0, 0.05) is 11.3 Å². The molecule has 1 aliphatic rings. The lowest BCUT2D eigenvalue weighted by atomic mass is 10.1. The third-order valence-electron chi connectivity index (χ3n) is 4.01. The molecule has 2 aromatic rings. The SMILES string of the molecule is Cc1ccc(C2=[N+]([O-])C(N(C)C)N(c3ccccc3)C2)cc1. The predicted octanol–water partition coefficient (Wildman–Crippen LogP) is 2.66. The maximum atomic E-state index is 12.8. The number of benzene rings is 2. The highest BCUT2D eigenvalue weighted by atomic mass is 16.5. The van der Waals surface area contributed by atoms with Crippen molar-refractivity contribution in [2.45, 2.75) is 13.2 Å². The second kappa shape index (κ2) is 5.81. The highest BCUT2D eigenvalue weighted by Gasteiger charge is 2.39. The molecule has 0 saturated heterocycles. The van der Waals surface area contributed by atoms with Gasteiger partial charge in [-0.15, -0.1) is 0 Å². The van der Waals surface area contributed by atoms with Crippen LogP contribution in [0.2, 0.25) is 0 Å². The summed E-state index contributed by atoms with van der Waals surface area (Å²) >= 11 is 0. The van der Waals surface area contributed by atoms with Crippen LogP contribution in [0.25, 0.3) is 0 Å². The predicted molar refractivity (Wildman–Crippen MR) is 90.2 cm³/mol. The van der Waals surface area contributed by atoms with Gasteiger partial charge in [0.25, 0.3) is 0 Å². The molecular formula is C18H21N3O. The summed E-state index contributed by atoms with van der Waals surface area (Å²) in [6.45, 7) is 2.66. The summed E-state index contributed by atoms with van der Waals surface area (Å²) in [5.41, 5.74) is 4.06. The average Bonchev–Trinajstić information content (AvgIpc) is 2.87. The molecule has 0 spiro atoms. The van der Waals surface area contributed by atoms with Crippen molar-refractivity contribution in [1.29, 1.82) is 0 Å². The van der Waals surface area contributed by atoms with Gasteiger partial charge in [0.2, 0.25) is 5.71 Å². The molecule has 4 heteroatoms. The van der Waals surface area contributed by atoms with Crippen LogP contribution >= 0.6 is 0 Å². The Kier molecular flexibility index (Phi) is 3.86. The van der Waals surface area contributed by atoms with Gasteiger partial charge in [-0.2, -0.15) is 4.74 Å². The first-order valence-electron chi connectivity index (χ1n) is 7.45. The molecular weight excluding hydrogens is 274 g/mol. The smallest absolute Gasteiger partial charge is 0.301 e. The molecule has 22 heavy (non-hydrogen) atoms. The van der Waals surface area contributed by atoms with E-state index in [4.69, 9.17) is 0 Å². The summed E-state index contributed by atoms with van der Waals surface area (Å²) in [7, 11) is 3.87. The van der Waals surface area contributed by atoms with Gasteiger partial charge in [-0.05, 0) is 45.3 Å². The Labute approximate surface area is 131 Å². The molecule has 1 heterocycles. The quantitative estimate of drug-likeness (QED) is 0.644. The third kappa shape index (κ3) is 2.57. The normalized spacial score (nSPS) is 18.4. The van der Waals surface area contributed by atoms with Gasteiger partial charge >= 0.3 is 6.29 Å². The summed E-state index contributed by atoms with van der Waals surface area (Å²) < 4.78 is 1.12. The molecule has 114 valence electrons. The highest BCUT2D eigenvalue weighted by Crippen LogP contribution is 2.24. The zero-order valence-corrected chi connectivity index (χ0v) is 13.2. The number of para-hydroxylation sites is 1. The van der Waals surface area contributed by atoms with Crippen molar-refractivity contribution in [3.63, 3.8) is 0 Å². The molecule has 0 N–H and O–H groups in total. The fraction of sp³-hybridized carbons (Fsp3) is 0.278. The third-order valence-corrected chi connectivity index (χ3v) is 4.01. The lowest BCUT2D eigenvalue weighted by Crippen LogP contribution is -2.46. The first-order chi connectivity index (χ1) is 10.6. The minimum atomic E-state index is -0.321. The standard InChI is InChI=1S/C18H21N3O/c1-14-9-11-15(12-10-14)17-13-20(16-7-5-4-6-8-16)18(19(2)3)21(17)22/h4-12,18H,13H2,1-3H3. The van der Waals surface area contributed by atoms with Crippen LogP contribution in [0.15, 0.2) is 54.6 Å². The van der Waals surface area contributed by atoms with Crippen LogP contribution < -0.4 is 4.90 Å². The van der Waals surface area contributed by atoms with Gasteiger partial charge in [0.15, 0.2) is 0 Å². The monoisotopic (exact) mass is 295 g/mol. The summed E-state index contributed by atoms with van der Waals surface area (Å²) in [5, 5.41) is 12.8. The lowest BCUT2D eigenvalue weighted by molar-refractivity contribution is -0.517. The van der Waals surface area contributed by atoms with Crippen molar-refractivity contribution >= 4 is 11.4 Å². The number of rotatable bonds is 3. The van der Waals surface area contributed by atoms with Crippen molar-refractivity contribution < 1.29 is 4.74 Å². The van der Waals surface area contributed by atoms with E-state index in [2.05, 4.69) is 11.8 Å². The second-order valence-corrected chi connectivity index (χ2v) is 5.91. The molecule has 3 rings (SSSR count). The number of nitrogens with zero attached hydrogens (tertiary/aromatic N) is 3. The van der Waals surface area contributed by atoms with Crippen LogP contribution in [0.4, 0.5) is 5.69 Å². The molecule has 2 aromatic carbocycles. The first kappa shape index (κ1) is 14.6. The molecule has 0 bridgehead atoms. The molecule has 0 fully saturated rings. The number of hydrogen-bond acceptors (Lipinski definition) is 3. The van der Waals surface area contributed by atoms with Crippen molar-refractivity contribution in [1.82, 2.24) is 4.90 Å². The fourth-order valence-electron chi connectivity index (χ4n) is 2.88. The number of aryl methyl sites for hydroxylation is 1. The van der Waals surface area contributed by atoms with Crippen molar-refractivity contribution in [2.75, 3.05) is 25.5 Å². The number of hydrogen-bond donors (Lipinski definition) is 0. The van der Waals surface area contributed by atoms with Crippen LogP contribution in [0.3, 0.4) is 0 Å². The minimum Gasteiger partial charge on any atom is -0.621 e. The maximum absolute atomic E-state index is 12.8. The summed E-state index contributed by atoms with van der Waals surface area (Å²) in [6.07, 6.45) is -0.321. The van der Waals surface area contributed by atoms with Gasteiger partial charge in [-0.3, -0.25) is 4.90 Å². The summed E-state index contributed by atoms with van der Waals surface area (Å²) in [4.78, 5) is 4.07. The van der Waals surface area contributed by atoms with E-state index in [1.807, 2.05) is 73.6 Å². The van der Waals surface area contributed by atoms with Gasteiger partial charge in [-0.25, -0.2) is 4.90 Å². The van der Waals surface area contributed by atoms with Crippen LogP contribution in [0, 0.1) is 12.1 Å². The van der Waals surface area contributed by atoms with E-state index in [1.54, 1.807) is 0 Å². The molecule has 0 aliphatic carbocycles. The lowest BCUT2D eigenvalue weighted by Gasteiger charge is -2.28. The van der Waals surface area contributed by atoms with E-state index >= 15 is 0 Å². The summed E-state index contributed by atoms with van der Waals surface area (Å²) in [6, 6.07) is 18.2. The molecule has 1 aliphatic heterocycles. The first-order valence-corrected chi connectivity index (χ1v) is 7.45. The van der Waals surface area contributed by atoms with E-state index < -0.39 is 0 Å². The van der Waals surface area contributed by atoms with Crippen molar-refractivity contribution in [3.05, 3.63) is 70.9 Å². The minimum absolute atomic E-state index is 0.321. The largest absolute Gasteiger partial charge is 0.621 e. The van der Waals surface area contributed by atoms with Crippen LogP contribution in [0.1, 0.15) is 11.1 Å². The van der Waals surface area contributed by atoms with Crippen LogP contribution in [-0.2, 0) is 0 Å². The van der Waals surface area contributed by atoms with E-state index in [9.17, 15) is 5.21 Å². The topological polar surface area (TPSA) is 32.6 Å². The van der Waals surface area contributed by atoms with Gasteiger partial charge < -0.3 is 5.21 Å². The Hall–Kier alpha value is -2.33. The molecule has 0 radical (unpaired) electrons. The van der Waals surface area contributed by atoms with E-state index in [0.717, 1.165) is 21.7 Å². The van der Waals surface area contributed by atoms with Gasteiger partial charge in [0.1, 0.15) is 6.54 Å². The van der Waals surface area contributed by atoms with Crippen molar-refractivity contribution in [2.24, 2.45) is 0 Å².